The molecule has 0 unspecified atom stereocenters. The zero-order valence-electron chi connectivity index (χ0n) is 12.4. The van der Waals surface area contributed by atoms with E-state index in [4.69, 9.17) is 24.7 Å². The fourth-order valence-electron chi connectivity index (χ4n) is 1.74. The second kappa shape index (κ2) is 9.12. The highest BCUT2D eigenvalue weighted by Gasteiger charge is 2.14. The molecule has 0 heterocycles. The topological polar surface area (TPSA) is 80.0 Å². The number of hydrogen-bond donors (Lipinski definition) is 1. The van der Waals surface area contributed by atoms with Gasteiger partial charge in [-0.2, -0.15) is 0 Å². The van der Waals surface area contributed by atoms with Crippen molar-refractivity contribution in [2.75, 3.05) is 27.9 Å². The van der Waals surface area contributed by atoms with E-state index in [-0.39, 0.29) is 18.4 Å². The summed E-state index contributed by atoms with van der Waals surface area (Å²) in [6.45, 7) is 0.0910. The van der Waals surface area contributed by atoms with Crippen molar-refractivity contribution in [3.05, 3.63) is 47.7 Å². The molecule has 0 aliphatic heterocycles. The van der Waals surface area contributed by atoms with Crippen molar-refractivity contribution in [2.24, 2.45) is 5.73 Å². The van der Waals surface area contributed by atoms with Gasteiger partial charge in [0.25, 0.3) is 0 Å². The molecule has 1 aromatic rings. The first kappa shape index (κ1) is 17.2. The fourth-order valence-corrected chi connectivity index (χ4v) is 1.74. The molecule has 2 N–H and O–H groups in total. The van der Waals surface area contributed by atoms with Gasteiger partial charge in [0.1, 0.15) is 12.7 Å². The first-order chi connectivity index (χ1) is 10.1. The highest BCUT2D eigenvalue weighted by Crippen LogP contribution is 2.16. The van der Waals surface area contributed by atoms with E-state index >= 15 is 0 Å². The first-order valence-corrected chi connectivity index (χ1v) is 6.39. The molecular formula is C15H21NO5. The van der Waals surface area contributed by atoms with E-state index in [9.17, 15) is 4.79 Å². The Labute approximate surface area is 124 Å². The average Bonchev–Trinajstić information content (AvgIpc) is 2.50. The van der Waals surface area contributed by atoms with E-state index in [2.05, 4.69) is 0 Å². The maximum absolute atomic E-state index is 11.7. The van der Waals surface area contributed by atoms with Crippen LogP contribution in [0.15, 0.2) is 42.1 Å². The van der Waals surface area contributed by atoms with Crippen LogP contribution in [0, 0.1) is 0 Å². The highest BCUT2D eigenvalue weighted by atomic mass is 16.7. The van der Waals surface area contributed by atoms with Crippen LogP contribution in [0.1, 0.15) is 11.7 Å². The van der Waals surface area contributed by atoms with Gasteiger partial charge in [-0.15, -0.1) is 0 Å². The van der Waals surface area contributed by atoms with Crippen LogP contribution in [0.25, 0.3) is 0 Å². The summed E-state index contributed by atoms with van der Waals surface area (Å²) < 4.78 is 20.3. The molecule has 0 amide bonds. The molecule has 0 bridgehead atoms. The smallest absolute Gasteiger partial charge is 0.332 e. The third-order valence-electron chi connectivity index (χ3n) is 2.82. The van der Waals surface area contributed by atoms with Gasteiger partial charge in [0, 0.05) is 27.4 Å². The molecule has 0 saturated carbocycles. The summed E-state index contributed by atoms with van der Waals surface area (Å²) in [4.78, 5) is 11.7. The van der Waals surface area contributed by atoms with Crippen LogP contribution in [0.3, 0.4) is 0 Å². The first-order valence-electron chi connectivity index (χ1n) is 6.39. The lowest BCUT2D eigenvalue weighted by Gasteiger charge is -2.16. The van der Waals surface area contributed by atoms with Crippen LogP contribution < -0.4 is 5.73 Å². The maximum Gasteiger partial charge on any atom is 0.332 e. The summed E-state index contributed by atoms with van der Waals surface area (Å²) in [7, 11) is 4.41. The lowest BCUT2D eigenvalue weighted by Crippen LogP contribution is -2.23. The van der Waals surface area contributed by atoms with E-state index in [0.29, 0.717) is 0 Å². The van der Waals surface area contributed by atoms with Crippen molar-refractivity contribution in [3.63, 3.8) is 0 Å². The molecule has 6 heteroatoms. The maximum atomic E-state index is 11.7. The lowest BCUT2D eigenvalue weighted by molar-refractivity contribution is -0.142. The molecule has 1 rings (SSSR count). The second-order valence-electron chi connectivity index (χ2n) is 4.21. The molecular weight excluding hydrogens is 274 g/mol. The van der Waals surface area contributed by atoms with E-state index in [1.165, 1.54) is 14.2 Å². The molecule has 0 radical (unpaired) electrons. The number of benzene rings is 1. The van der Waals surface area contributed by atoms with Crippen molar-refractivity contribution < 1.29 is 23.7 Å². The van der Waals surface area contributed by atoms with Crippen molar-refractivity contribution in [1.82, 2.24) is 0 Å². The third-order valence-corrected chi connectivity index (χ3v) is 2.82. The highest BCUT2D eigenvalue weighted by molar-refractivity contribution is 5.82. The van der Waals surface area contributed by atoms with Crippen molar-refractivity contribution in [2.45, 2.75) is 12.4 Å². The van der Waals surface area contributed by atoms with Crippen molar-refractivity contribution in [1.29, 1.82) is 0 Å². The Bertz CT molecular complexity index is 456. The second-order valence-corrected chi connectivity index (χ2v) is 4.21. The number of ether oxygens (including phenoxy) is 4. The Morgan fingerprint density at radius 2 is 1.76 bits per heavy atom. The molecule has 116 valence electrons. The number of carbonyl (C=O) groups is 1. The Balaban J connectivity index is 2.57. The lowest BCUT2D eigenvalue weighted by atomic mass is 10.1. The minimum Gasteiger partial charge on any atom is -0.459 e. The van der Waals surface area contributed by atoms with Crippen LogP contribution >= 0.6 is 0 Å². The zero-order chi connectivity index (χ0) is 15.7. The number of esters is 1. The molecule has 6 nitrogen and oxygen atoms in total. The SMILES string of the molecule is COC(OC)C(N)=CC(=O)OC[C@H](OC)c1ccccc1. The van der Waals surface area contributed by atoms with Crippen LogP contribution in [0.5, 0.6) is 0 Å². The molecule has 0 spiro atoms. The fraction of sp³-hybridized carbons (Fsp3) is 0.400. The normalized spacial score (nSPS) is 13.2. The van der Waals surface area contributed by atoms with E-state index in [1.807, 2.05) is 30.3 Å². The van der Waals surface area contributed by atoms with Crippen LogP contribution in [0.2, 0.25) is 0 Å². The van der Waals surface area contributed by atoms with E-state index in [0.717, 1.165) is 11.6 Å². The van der Waals surface area contributed by atoms with E-state index < -0.39 is 12.3 Å². The van der Waals surface area contributed by atoms with Gasteiger partial charge in [0.05, 0.1) is 5.70 Å². The van der Waals surface area contributed by atoms with Gasteiger partial charge in [0.2, 0.25) is 0 Å². The predicted octanol–water partition coefficient (Wildman–Crippen LogP) is 1.38. The number of rotatable bonds is 8. The molecule has 1 aromatic carbocycles. The molecule has 21 heavy (non-hydrogen) atoms. The standard InChI is InChI=1S/C15H21NO5/c1-18-13(11-7-5-4-6-8-11)10-21-14(17)9-12(16)15(19-2)20-3/h4-9,13,15H,10,16H2,1-3H3/t13-/m0/s1. The monoisotopic (exact) mass is 295 g/mol. The molecule has 1 atom stereocenters. The number of nitrogens with two attached hydrogens (primary N) is 1. The van der Waals surface area contributed by atoms with Crippen LogP contribution in [0.4, 0.5) is 0 Å². The summed E-state index contributed by atoms with van der Waals surface area (Å²) in [5.74, 6) is -0.579. The number of carbonyl (C=O) groups excluding carboxylic acids is 1. The van der Waals surface area contributed by atoms with Gasteiger partial charge in [0.15, 0.2) is 6.29 Å². The number of hydrogen-bond acceptors (Lipinski definition) is 6. The summed E-state index contributed by atoms with van der Waals surface area (Å²) in [5.41, 5.74) is 6.73. The Morgan fingerprint density at radius 1 is 1.14 bits per heavy atom. The largest absolute Gasteiger partial charge is 0.459 e. The Kier molecular flexibility index (Phi) is 7.45. The van der Waals surface area contributed by atoms with Crippen LogP contribution in [-0.2, 0) is 23.7 Å². The zero-order valence-corrected chi connectivity index (χ0v) is 12.4. The summed E-state index contributed by atoms with van der Waals surface area (Å²) >= 11 is 0. The summed E-state index contributed by atoms with van der Waals surface area (Å²) in [5, 5.41) is 0. The summed E-state index contributed by atoms with van der Waals surface area (Å²) in [6.07, 6.45) is 0.0327. The van der Waals surface area contributed by atoms with Gasteiger partial charge in [-0.3, -0.25) is 0 Å². The van der Waals surface area contributed by atoms with Crippen LogP contribution in [-0.4, -0.2) is 40.2 Å². The molecule has 0 aliphatic carbocycles. The van der Waals surface area contributed by atoms with Gasteiger partial charge < -0.3 is 24.7 Å². The van der Waals surface area contributed by atoms with E-state index in [1.54, 1.807) is 7.11 Å². The minimum absolute atomic E-state index is 0.0910. The Morgan fingerprint density at radius 3 is 2.29 bits per heavy atom. The van der Waals surface area contributed by atoms with Gasteiger partial charge in [-0.1, -0.05) is 30.3 Å². The average molecular weight is 295 g/mol. The van der Waals surface area contributed by atoms with Gasteiger partial charge in [-0.05, 0) is 5.56 Å². The van der Waals surface area contributed by atoms with Gasteiger partial charge in [-0.25, -0.2) is 4.79 Å². The minimum atomic E-state index is -0.773. The van der Waals surface area contributed by atoms with Crippen molar-refractivity contribution >= 4 is 5.97 Å². The van der Waals surface area contributed by atoms with Gasteiger partial charge >= 0.3 is 5.97 Å². The predicted molar refractivity (Wildman–Crippen MR) is 77.2 cm³/mol. The molecule has 0 aromatic heterocycles. The molecule has 0 aliphatic rings. The van der Waals surface area contributed by atoms with Crippen molar-refractivity contribution in [3.8, 4) is 0 Å². The Hall–Kier alpha value is -1.89. The quantitative estimate of drug-likeness (QED) is 0.443. The third kappa shape index (κ3) is 5.55. The summed E-state index contributed by atoms with van der Waals surface area (Å²) in [6, 6.07) is 9.49. The molecule has 0 saturated heterocycles. The molecule has 0 fully saturated rings. The number of methoxy groups -OCH3 is 3.